The van der Waals surface area contributed by atoms with E-state index in [9.17, 15) is 23.2 Å². The summed E-state index contributed by atoms with van der Waals surface area (Å²) in [6.45, 7) is -0.184. The molecule has 4 amide bonds. The molecule has 1 unspecified atom stereocenters. The van der Waals surface area contributed by atoms with Crippen LogP contribution in [-0.4, -0.2) is 47.7 Å². The van der Waals surface area contributed by atoms with Gasteiger partial charge in [-0.05, 0) is 47.9 Å². The van der Waals surface area contributed by atoms with Crippen molar-refractivity contribution in [3.05, 3.63) is 71.0 Å². The Morgan fingerprint density at radius 2 is 1.92 bits per heavy atom. The number of hydrogen-bond donors (Lipinski definition) is 2. The third kappa shape index (κ3) is 5.27. The largest absolute Gasteiger partial charge is 0.361 e. The molecule has 0 aromatic heterocycles. The molecule has 2 aromatic rings. The second-order valence-corrected chi connectivity index (χ2v) is 9.52. The summed E-state index contributed by atoms with van der Waals surface area (Å²) in [4.78, 5) is 38.6. The summed E-state index contributed by atoms with van der Waals surface area (Å²) >= 11 is 0. The van der Waals surface area contributed by atoms with E-state index >= 15 is 0 Å². The van der Waals surface area contributed by atoms with Crippen LogP contribution in [0.5, 0.6) is 0 Å². The Hall–Kier alpha value is -3.69. The minimum Gasteiger partial charge on any atom is -0.343 e. The molecule has 2 heterocycles. The third-order valence-corrected chi connectivity index (χ3v) is 6.88. The number of hydrogen-bond acceptors (Lipinski definition) is 4. The maximum atomic E-state index is 14.9. The van der Waals surface area contributed by atoms with Crippen LogP contribution in [0.2, 0.25) is 0 Å². The number of amides is 4. The third-order valence-electron chi connectivity index (χ3n) is 6.88. The number of halogens is 2. The van der Waals surface area contributed by atoms with E-state index in [2.05, 4.69) is 20.9 Å². The summed E-state index contributed by atoms with van der Waals surface area (Å²) < 4.78 is 29.2. The van der Waals surface area contributed by atoms with Gasteiger partial charge in [0.05, 0.1) is 12.6 Å². The summed E-state index contributed by atoms with van der Waals surface area (Å²) in [5.74, 6) is -0.953. The molecule has 4 atom stereocenters. The summed E-state index contributed by atoms with van der Waals surface area (Å²) in [6, 6.07) is 12.0. The van der Waals surface area contributed by atoms with E-state index in [1.54, 1.807) is 6.07 Å². The fourth-order valence-electron chi connectivity index (χ4n) is 4.86. The molecule has 2 aliphatic heterocycles. The molecule has 1 saturated heterocycles. The highest BCUT2D eigenvalue weighted by molar-refractivity contribution is 5.89. The minimum absolute atomic E-state index is 0.0174. The average Bonchev–Trinajstić information content (AvgIpc) is 3.51. The smallest absolute Gasteiger partial charge is 0.343 e. The van der Waals surface area contributed by atoms with E-state index in [4.69, 9.17) is 0 Å². The topological polar surface area (TPSA) is 103 Å². The van der Waals surface area contributed by atoms with Crippen LogP contribution in [0.4, 0.5) is 13.6 Å². The van der Waals surface area contributed by atoms with Gasteiger partial charge in [-0.15, -0.1) is 0 Å². The van der Waals surface area contributed by atoms with Gasteiger partial charge in [0.1, 0.15) is 24.2 Å². The zero-order chi connectivity index (χ0) is 25.2. The normalized spacial score (nSPS) is 24.0. The lowest BCUT2D eigenvalue weighted by molar-refractivity contribution is -0.138. The first-order chi connectivity index (χ1) is 17.4. The van der Waals surface area contributed by atoms with Crippen molar-refractivity contribution in [2.75, 3.05) is 6.54 Å². The molecular weight excluding hydrogens is 468 g/mol. The quantitative estimate of drug-likeness (QED) is 0.576. The Kier molecular flexibility index (Phi) is 6.75. The van der Waals surface area contributed by atoms with E-state index in [0.29, 0.717) is 11.1 Å². The van der Waals surface area contributed by atoms with Gasteiger partial charge < -0.3 is 15.5 Å². The van der Waals surface area contributed by atoms with Crippen molar-refractivity contribution in [2.45, 2.75) is 62.4 Å². The van der Waals surface area contributed by atoms with E-state index in [0.717, 1.165) is 18.4 Å². The molecular formula is C26H27F2N5O3. The van der Waals surface area contributed by atoms with Gasteiger partial charge in [0.2, 0.25) is 11.8 Å². The second-order valence-electron chi connectivity index (χ2n) is 9.52. The van der Waals surface area contributed by atoms with Gasteiger partial charge in [0, 0.05) is 12.8 Å². The second kappa shape index (κ2) is 10.1. The highest BCUT2D eigenvalue weighted by Gasteiger charge is 2.40. The molecule has 36 heavy (non-hydrogen) atoms. The molecule has 0 bridgehead atoms. The number of urea groups is 1. The van der Waals surface area contributed by atoms with Crippen molar-refractivity contribution in [3.8, 4) is 0 Å². The molecule has 1 aliphatic carbocycles. The van der Waals surface area contributed by atoms with Crippen LogP contribution >= 0.6 is 0 Å². The molecule has 8 nitrogen and oxygen atoms in total. The summed E-state index contributed by atoms with van der Waals surface area (Å²) in [6.07, 6.45) is 0.0798. The van der Waals surface area contributed by atoms with Gasteiger partial charge in [0.15, 0.2) is 0 Å². The number of rotatable bonds is 8. The maximum absolute atomic E-state index is 14.9. The zero-order valence-electron chi connectivity index (χ0n) is 19.6. The number of azo groups is 1. The lowest BCUT2D eigenvalue weighted by Crippen LogP contribution is -2.47. The fourth-order valence-corrected chi connectivity index (χ4v) is 4.86. The lowest BCUT2D eigenvalue weighted by atomic mass is 9.96. The number of likely N-dealkylation sites (tertiary alicyclic amines) is 1. The predicted molar refractivity (Wildman–Crippen MR) is 126 cm³/mol. The monoisotopic (exact) mass is 495 g/mol. The van der Waals surface area contributed by atoms with Crippen molar-refractivity contribution in [2.24, 2.45) is 10.2 Å². The predicted octanol–water partition coefficient (Wildman–Crippen LogP) is 4.13. The minimum atomic E-state index is -1.33. The first kappa shape index (κ1) is 24.0. The number of carbonyl (C=O) groups is 3. The van der Waals surface area contributed by atoms with E-state index in [-0.39, 0.29) is 37.5 Å². The van der Waals surface area contributed by atoms with Crippen LogP contribution in [0, 0.1) is 5.82 Å². The Morgan fingerprint density at radius 1 is 1.14 bits per heavy atom. The molecule has 1 saturated carbocycles. The van der Waals surface area contributed by atoms with Crippen LogP contribution in [0.15, 0.2) is 58.8 Å². The molecule has 0 radical (unpaired) electrons. The highest BCUT2D eigenvalue weighted by Crippen LogP contribution is 2.42. The Morgan fingerprint density at radius 3 is 2.58 bits per heavy atom. The first-order valence-electron chi connectivity index (χ1n) is 12.2. The lowest BCUT2D eigenvalue weighted by Gasteiger charge is -2.27. The van der Waals surface area contributed by atoms with Gasteiger partial charge >= 0.3 is 6.03 Å². The molecule has 2 aromatic carbocycles. The van der Waals surface area contributed by atoms with Gasteiger partial charge in [-0.25, -0.2) is 13.6 Å². The Labute approximate surface area is 207 Å². The summed E-state index contributed by atoms with van der Waals surface area (Å²) in [7, 11) is 0. The number of nitrogens with one attached hydrogen (secondary N) is 2. The van der Waals surface area contributed by atoms with Crippen LogP contribution in [0.3, 0.4) is 0 Å². The SMILES string of the molecule is O=C1N=NC(CCC(=O)N2C[C@H](F)C[C@H]2C(=O)N[C@@H](c2ccccc2)c2ccc(C3CC3)c(F)c2)N1. The van der Waals surface area contributed by atoms with Crippen molar-refractivity contribution in [3.63, 3.8) is 0 Å². The molecule has 5 rings (SSSR count). The first-order valence-corrected chi connectivity index (χ1v) is 12.2. The Balaban J connectivity index is 1.32. The van der Waals surface area contributed by atoms with Crippen molar-refractivity contribution in [1.29, 1.82) is 0 Å². The molecule has 3 aliphatic rings. The standard InChI is InChI=1S/C26H27F2N5O3/c27-18-13-21(33(14-18)23(34)11-10-22-29-26(36)32-31-22)25(35)30-24(16-4-2-1-3-5-16)17-8-9-19(15-6-7-15)20(28)12-17/h1-5,8-9,12,15,18,21-22,24H,6-7,10-11,13-14H2,(H,29,36)(H,30,35)/t18-,21+,22?,24+/m1/s1. The Bertz CT molecular complexity index is 1190. The number of nitrogens with zero attached hydrogens (tertiary/aromatic N) is 3. The van der Waals surface area contributed by atoms with Gasteiger partial charge in [-0.3, -0.25) is 9.59 Å². The van der Waals surface area contributed by atoms with Crippen LogP contribution in [-0.2, 0) is 9.59 Å². The van der Waals surface area contributed by atoms with Crippen LogP contribution in [0.1, 0.15) is 60.8 Å². The number of benzene rings is 2. The molecule has 0 spiro atoms. The van der Waals surface area contributed by atoms with E-state index in [1.165, 1.54) is 11.0 Å². The van der Waals surface area contributed by atoms with Gasteiger partial charge in [0.25, 0.3) is 0 Å². The van der Waals surface area contributed by atoms with Crippen molar-refractivity contribution in [1.82, 2.24) is 15.5 Å². The molecule has 188 valence electrons. The zero-order valence-corrected chi connectivity index (χ0v) is 19.6. The molecule has 2 N–H and O–H groups in total. The summed E-state index contributed by atoms with van der Waals surface area (Å²) in [5.41, 5.74) is 2.01. The van der Waals surface area contributed by atoms with Gasteiger partial charge in [-0.1, -0.05) is 47.6 Å². The van der Waals surface area contributed by atoms with Crippen LogP contribution < -0.4 is 10.6 Å². The van der Waals surface area contributed by atoms with Gasteiger partial charge in [-0.2, -0.15) is 5.11 Å². The van der Waals surface area contributed by atoms with E-state index < -0.39 is 42.3 Å². The summed E-state index contributed by atoms with van der Waals surface area (Å²) in [5, 5.41) is 12.5. The van der Waals surface area contributed by atoms with E-state index in [1.807, 2.05) is 36.4 Å². The van der Waals surface area contributed by atoms with Crippen molar-refractivity contribution >= 4 is 17.8 Å². The number of carbonyl (C=O) groups excluding carboxylic acids is 3. The maximum Gasteiger partial charge on any atom is 0.361 e. The molecule has 10 heteroatoms. The highest BCUT2D eigenvalue weighted by atomic mass is 19.1. The fraction of sp³-hybridized carbons (Fsp3) is 0.423. The van der Waals surface area contributed by atoms with Crippen LogP contribution in [0.25, 0.3) is 0 Å². The number of alkyl halides is 1. The molecule has 2 fully saturated rings. The average molecular weight is 496 g/mol. The van der Waals surface area contributed by atoms with Crippen molar-refractivity contribution < 1.29 is 23.2 Å².